The van der Waals surface area contributed by atoms with Gasteiger partial charge in [-0.1, -0.05) is 12.1 Å². The van der Waals surface area contributed by atoms with Crippen molar-refractivity contribution in [3.05, 3.63) is 45.4 Å². The molecule has 3 nitrogen and oxygen atoms in total. The fourth-order valence-electron chi connectivity index (χ4n) is 2.19. The molecule has 1 aromatic carbocycles. The van der Waals surface area contributed by atoms with Crippen molar-refractivity contribution >= 4 is 11.3 Å². The van der Waals surface area contributed by atoms with E-state index < -0.39 is 0 Å². The lowest BCUT2D eigenvalue weighted by Crippen LogP contribution is -2.17. The molecular formula is C15H20N2OS. The molecule has 2 rings (SSSR count). The van der Waals surface area contributed by atoms with Crippen molar-refractivity contribution in [2.45, 2.75) is 26.8 Å². The molecule has 19 heavy (non-hydrogen) atoms. The summed E-state index contributed by atoms with van der Waals surface area (Å²) in [5.41, 5.74) is 2.34. The lowest BCUT2D eigenvalue weighted by Gasteiger charge is -2.16. The van der Waals surface area contributed by atoms with Gasteiger partial charge in [0.1, 0.15) is 5.75 Å². The summed E-state index contributed by atoms with van der Waals surface area (Å²) in [6.07, 6.45) is 0. The molecule has 0 aliphatic rings. The third kappa shape index (κ3) is 3.14. The number of aryl methyl sites for hydroxylation is 2. The molecule has 2 aromatic rings. The van der Waals surface area contributed by atoms with Gasteiger partial charge in [0.2, 0.25) is 0 Å². The molecule has 1 N–H and O–H groups in total. The van der Waals surface area contributed by atoms with Crippen LogP contribution >= 0.6 is 11.3 Å². The Bertz CT molecular complexity index is 534. The van der Waals surface area contributed by atoms with Crippen molar-refractivity contribution in [3.8, 4) is 5.75 Å². The zero-order valence-electron chi connectivity index (χ0n) is 11.9. The summed E-state index contributed by atoms with van der Waals surface area (Å²) in [5.74, 6) is 0.915. The van der Waals surface area contributed by atoms with Crippen LogP contribution in [0, 0.1) is 13.8 Å². The Morgan fingerprint density at radius 1 is 1.26 bits per heavy atom. The zero-order chi connectivity index (χ0) is 13.8. The predicted octanol–water partition coefficient (Wildman–Crippen LogP) is 3.47. The molecule has 102 valence electrons. The largest absolute Gasteiger partial charge is 0.494 e. The molecule has 0 amide bonds. The number of rotatable bonds is 5. The van der Waals surface area contributed by atoms with Crippen LogP contribution in [0.3, 0.4) is 0 Å². The standard InChI is InChI=1S/C15H20N2OS/c1-5-18-13-8-6-12(7-9-13)14(16-4)15-10(2)17-11(3)19-15/h6-9,14,16H,5H2,1-4H3. The number of benzene rings is 1. The summed E-state index contributed by atoms with van der Waals surface area (Å²) in [7, 11) is 1.98. The van der Waals surface area contributed by atoms with Crippen molar-refractivity contribution in [1.82, 2.24) is 10.3 Å². The lowest BCUT2D eigenvalue weighted by molar-refractivity contribution is 0.340. The Hall–Kier alpha value is -1.39. The van der Waals surface area contributed by atoms with E-state index in [2.05, 4.69) is 29.4 Å². The average molecular weight is 276 g/mol. The number of hydrogen-bond donors (Lipinski definition) is 1. The molecule has 0 radical (unpaired) electrons. The van der Waals surface area contributed by atoms with Gasteiger partial charge in [0.15, 0.2) is 0 Å². The van der Waals surface area contributed by atoms with Crippen LogP contribution in [0.15, 0.2) is 24.3 Å². The second-order valence-electron chi connectivity index (χ2n) is 4.41. The van der Waals surface area contributed by atoms with Crippen LogP contribution in [0.1, 0.15) is 34.1 Å². The van der Waals surface area contributed by atoms with Gasteiger partial charge >= 0.3 is 0 Å². The number of nitrogens with one attached hydrogen (secondary N) is 1. The van der Waals surface area contributed by atoms with E-state index in [1.807, 2.05) is 33.0 Å². The Balaban J connectivity index is 2.29. The summed E-state index contributed by atoms with van der Waals surface area (Å²) in [6.45, 7) is 6.81. The summed E-state index contributed by atoms with van der Waals surface area (Å²) >= 11 is 1.75. The first-order valence-corrected chi connectivity index (χ1v) is 7.31. The molecule has 0 spiro atoms. The van der Waals surface area contributed by atoms with Crippen LogP contribution in [-0.2, 0) is 0 Å². The van der Waals surface area contributed by atoms with Crippen LogP contribution in [0.5, 0.6) is 5.75 Å². The van der Waals surface area contributed by atoms with Crippen molar-refractivity contribution < 1.29 is 4.74 Å². The van der Waals surface area contributed by atoms with E-state index in [4.69, 9.17) is 4.74 Å². The zero-order valence-corrected chi connectivity index (χ0v) is 12.7. The molecule has 0 aliphatic carbocycles. The monoisotopic (exact) mass is 276 g/mol. The summed E-state index contributed by atoms with van der Waals surface area (Å²) in [4.78, 5) is 5.79. The average Bonchev–Trinajstić information content (AvgIpc) is 2.72. The van der Waals surface area contributed by atoms with Gasteiger partial charge in [-0.15, -0.1) is 11.3 Å². The van der Waals surface area contributed by atoms with Gasteiger partial charge in [-0.2, -0.15) is 0 Å². The highest BCUT2D eigenvalue weighted by Crippen LogP contribution is 2.30. The maximum atomic E-state index is 5.48. The smallest absolute Gasteiger partial charge is 0.119 e. The van der Waals surface area contributed by atoms with Gasteiger partial charge in [-0.3, -0.25) is 0 Å². The predicted molar refractivity (Wildman–Crippen MR) is 80.1 cm³/mol. The van der Waals surface area contributed by atoms with E-state index in [-0.39, 0.29) is 6.04 Å². The molecule has 1 heterocycles. The molecule has 0 fully saturated rings. The minimum absolute atomic E-state index is 0.196. The van der Waals surface area contributed by atoms with E-state index in [0.29, 0.717) is 6.61 Å². The van der Waals surface area contributed by atoms with Crippen LogP contribution in [0.4, 0.5) is 0 Å². The minimum atomic E-state index is 0.196. The Morgan fingerprint density at radius 2 is 1.95 bits per heavy atom. The SMILES string of the molecule is CCOc1ccc(C(NC)c2sc(C)nc2C)cc1. The normalized spacial score (nSPS) is 12.4. The van der Waals surface area contributed by atoms with Gasteiger partial charge in [0.25, 0.3) is 0 Å². The third-order valence-corrected chi connectivity index (χ3v) is 4.15. The van der Waals surface area contributed by atoms with Crippen molar-refractivity contribution in [1.29, 1.82) is 0 Å². The molecule has 0 saturated heterocycles. The fourth-order valence-corrected chi connectivity index (χ4v) is 3.25. The molecule has 1 aromatic heterocycles. The van der Waals surface area contributed by atoms with Crippen LogP contribution in [0.25, 0.3) is 0 Å². The Kier molecular flexibility index (Phi) is 4.56. The molecule has 0 aliphatic heterocycles. The summed E-state index contributed by atoms with van der Waals surface area (Å²) < 4.78 is 5.48. The number of ether oxygens (including phenoxy) is 1. The van der Waals surface area contributed by atoms with Gasteiger partial charge in [0, 0.05) is 4.88 Å². The topological polar surface area (TPSA) is 34.1 Å². The van der Waals surface area contributed by atoms with Gasteiger partial charge < -0.3 is 10.1 Å². The highest BCUT2D eigenvalue weighted by atomic mass is 32.1. The second-order valence-corrected chi connectivity index (χ2v) is 5.64. The van der Waals surface area contributed by atoms with Gasteiger partial charge in [-0.05, 0) is 45.5 Å². The van der Waals surface area contributed by atoms with E-state index in [9.17, 15) is 0 Å². The van der Waals surface area contributed by atoms with Gasteiger partial charge in [-0.25, -0.2) is 4.98 Å². The minimum Gasteiger partial charge on any atom is -0.494 e. The number of nitrogens with zero attached hydrogens (tertiary/aromatic N) is 1. The lowest BCUT2D eigenvalue weighted by atomic mass is 10.0. The molecule has 0 bridgehead atoms. The van der Waals surface area contributed by atoms with Crippen molar-refractivity contribution in [2.75, 3.05) is 13.7 Å². The molecule has 1 unspecified atom stereocenters. The number of hydrogen-bond acceptors (Lipinski definition) is 4. The Morgan fingerprint density at radius 3 is 2.42 bits per heavy atom. The molecule has 0 saturated carbocycles. The van der Waals surface area contributed by atoms with Crippen molar-refractivity contribution in [2.24, 2.45) is 0 Å². The summed E-state index contributed by atoms with van der Waals surface area (Å²) in [5, 5.41) is 4.48. The first kappa shape index (κ1) is 14.0. The highest BCUT2D eigenvalue weighted by Gasteiger charge is 2.17. The van der Waals surface area contributed by atoms with E-state index >= 15 is 0 Å². The second kappa shape index (κ2) is 6.17. The van der Waals surface area contributed by atoms with Gasteiger partial charge in [0.05, 0.1) is 23.4 Å². The third-order valence-electron chi connectivity index (χ3n) is 3.01. The first-order valence-electron chi connectivity index (χ1n) is 6.49. The van der Waals surface area contributed by atoms with Crippen LogP contribution < -0.4 is 10.1 Å². The van der Waals surface area contributed by atoms with Crippen molar-refractivity contribution in [3.63, 3.8) is 0 Å². The maximum absolute atomic E-state index is 5.48. The fraction of sp³-hybridized carbons (Fsp3) is 0.400. The van der Waals surface area contributed by atoms with Crippen LogP contribution in [0.2, 0.25) is 0 Å². The molecule has 1 atom stereocenters. The van der Waals surface area contributed by atoms with E-state index in [1.165, 1.54) is 10.4 Å². The Labute approximate surface area is 118 Å². The molecule has 4 heteroatoms. The number of aromatic nitrogens is 1. The quantitative estimate of drug-likeness (QED) is 0.908. The summed E-state index contributed by atoms with van der Waals surface area (Å²) in [6, 6.07) is 8.46. The maximum Gasteiger partial charge on any atom is 0.119 e. The van der Waals surface area contributed by atoms with E-state index in [0.717, 1.165) is 16.5 Å². The number of thiazole rings is 1. The highest BCUT2D eigenvalue weighted by molar-refractivity contribution is 7.11. The molecular weight excluding hydrogens is 256 g/mol. The van der Waals surface area contributed by atoms with Crippen LogP contribution in [-0.4, -0.2) is 18.6 Å². The first-order chi connectivity index (χ1) is 9.15. The van der Waals surface area contributed by atoms with E-state index in [1.54, 1.807) is 11.3 Å².